The van der Waals surface area contributed by atoms with Crippen LogP contribution < -0.4 is 5.43 Å². The van der Waals surface area contributed by atoms with Gasteiger partial charge in [0, 0.05) is 30.9 Å². The second kappa shape index (κ2) is 9.08. The van der Waals surface area contributed by atoms with E-state index in [-0.39, 0.29) is 11.9 Å². The molecule has 1 aromatic heterocycles. The van der Waals surface area contributed by atoms with E-state index < -0.39 is 0 Å². The number of hydrazine groups is 1. The van der Waals surface area contributed by atoms with Crippen molar-refractivity contribution in [2.75, 3.05) is 20.3 Å². The van der Waals surface area contributed by atoms with Gasteiger partial charge in [0.05, 0.1) is 12.6 Å². The lowest BCUT2D eigenvalue weighted by atomic mass is 9.93. The number of nitrogens with one attached hydrogen (secondary N) is 2. The van der Waals surface area contributed by atoms with Crippen LogP contribution in [0, 0.1) is 13.8 Å². The summed E-state index contributed by atoms with van der Waals surface area (Å²) in [5, 5.41) is 3.22. The Morgan fingerprint density at radius 3 is 2.87 bits per heavy atom. The summed E-state index contributed by atoms with van der Waals surface area (Å²) in [6, 6.07) is 13.2. The number of ether oxygens (including phenoxy) is 1. The quantitative estimate of drug-likeness (QED) is 0.555. The molecule has 3 aromatic rings. The molecule has 5 nitrogen and oxygen atoms in total. The van der Waals surface area contributed by atoms with Crippen molar-refractivity contribution in [2.45, 2.75) is 39.7 Å². The average Bonchev–Trinajstić information content (AvgIpc) is 3.39. The SMILES string of the molecule is COC[C@@H]1CCCN1NC(=O)C(C)=Cc1cc(C)c(-c2ccc3[nH]ccc3c2)cc1C. The summed E-state index contributed by atoms with van der Waals surface area (Å²) < 4.78 is 5.28. The summed E-state index contributed by atoms with van der Waals surface area (Å²) in [6.07, 6.45) is 6.07. The smallest absolute Gasteiger partial charge is 0.261 e. The monoisotopic (exact) mass is 417 g/mol. The molecule has 1 amide bonds. The highest BCUT2D eigenvalue weighted by molar-refractivity contribution is 5.97. The van der Waals surface area contributed by atoms with Crippen LogP contribution >= 0.6 is 0 Å². The Kier molecular flexibility index (Phi) is 6.25. The van der Waals surface area contributed by atoms with Crippen LogP contribution in [0.2, 0.25) is 0 Å². The van der Waals surface area contributed by atoms with Crippen LogP contribution in [-0.4, -0.2) is 42.2 Å². The number of carbonyl (C=O) groups is 1. The molecule has 31 heavy (non-hydrogen) atoms. The van der Waals surface area contributed by atoms with Crippen molar-refractivity contribution < 1.29 is 9.53 Å². The van der Waals surface area contributed by atoms with Crippen molar-refractivity contribution in [2.24, 2.45) is 0 Å². The molecule has 1 saturated heterocycles. The highest BCUT2D eigenvalue weighted by atomic mass is 16.5. The molecule has 0 radical (unpaired) electrons. The number of hydrogen-bond donors (Lipinski definition) is 2. The van der Waals surface area contributed by atoms with E-state index in [9.17, 15) is 4.79 Å². The van der Waals surface area contributed by atoms with Gasteiger partial charge in [0.25, 0.3) is 5.91 Å². The fraction of sp³-hybridized carbons (Fsp3) is 0.346. The normalized spacial score (nSPS) is 17.4. The number of methoxy groups -OCH3 is 1. The standard InChI is InChI=1S/C26H31N3O2/c1-17-14-24(20-7-8-25-21(15-20)9-10-27-25)18(2)12-22(17)13-19(3)26(30)28-29-11-5-6-23(29)16-31-4/h7-10,12-15,23,27H,5-6,11,16H2,1-4H3,(H,28,30)/t23-/m0/s1. The van der Waals surface area contributed by atoms with E-state index in [0.717, 1.165) is 36.0 Å². The first-order valence-corrected chi connectivity index (χ1v) is 10.9. The van der Waals surface area contributed by atoms with Gasteiger partial charge in [0.1, 0.15) is 0 Å². The third kappa shape index (κ3) is 4.58. The molecule has 0 spiro atoms. The van der Waals surface area contributed by atoms with Crippen LogP contribution in [0.4, 0.5) is 0 Å². The fourth-order valence-electron chi connectivity index (χ4n) is 4.39. The third-order valence-corrected chi connectivity index (χ3v) is 6.19. The summed E-state index contributed by atoms with van der Waals surface area (Å²) in [7, 11) is 1.70. The summed E-state index contributed by atoms with van der Waals surface area (Å²) in [6.45, 7) is 7.61. The van der Waals surface area contributed by atoms with Crippen molar-refractivity contribution in [1.29, 1.82) is 0 Å². The van der Waals surface area contributed by atoms with Gasteiger partial charge in [-0.3, -0.25) is 10.2 Å². The van der Waals surface area contributed by atoms with Gasteiger partial charge >= 0.3 is 0 Å². The predicted molar refractivity (Wildman–Crippen MR) is 127 cm³/mol. The first kappa shape index (κ1) is 21.3. The van der Waals surface area contributed by atoms with Gasteiger partial charge in [-0.05, 0) is 91.1 Å². The molecule has 1 aliphatic heterocycles. The van der Waals surface area contributed by atoms with E-state index in [1.165, 1.54) is 22.1 Å². The number of carbonyl (C=O) groups excluding carboxylic acids is 1. The second-order valence-corrected chi connectivity index (χ2v) is 8.52. The molecular formula is C26H31N3O2. The molecule has 4 rings (SSSR count). The second-order valence-electron chi connectivity index (χ2n) is 8.52. The van der Waals surface area contributed by atoms with Gasteiger partial charge in [-0.2, -0.15) is 0 Å². The number of fused-ring (bicyclic) bond motifs is 1. The van der Waals surface area contributed by atoms with E-state index in [1.807, 2.05) is 24.2 Å². The lowest BCUT2D eigenvalue weighted by Crippen LogP contribution is -2.47. The lowest BCUT2D eigenvalue weighted by Gasteiger charge is -2.24. The Morgan fingerprint density at radius 1 is 1.23 bits per heavy atom. The highest BCUT2D eigenvalue weighted by Gasteiger charge is 2.26. The average molecular weight is 418 g/mol. The van der Waals surface area contributed by atoms with Gasteiger partial charge in [-0.1, -0.05) is 18.2 Å². The van der Waals surface area contributed by atoms with E-state index in [0.29, 0.717) is 12.2 Å². The number of H-pyrrole nitrogens is 1. The molecule has 1 aliphatic rings. The highest BCUT2D eigenvalue weighted by Crippen LogP contribution is 2.30. The van der Waals surface area contributed by atoms with Crippen LogP contribution in [0.15, 0.2) is 48.2 Å². The van der Waals surface area contributed by atoms with Crippen LogP contribution in [0.25, 0.3) is 28.1 Å². The van der Waals surface area contributed by atoms with Gasteiger partial charge in [-0.15, -0.1) is 0 Å². The molecule has 2 aromatic carbocycles. The Bertz CT molecular complexity index is 1130. The Morgan fingerprint density at radius 2 is 2.06 bits per heavy atom. The van der Waals surface area contributed by atoms with Crippen LogP contribution in [0.1, 0.15) is 36.5 Å². The summed E-state index contributed by atoms with van der Waals surface area (Å²) in [4.78, 5) is 16.0. The first-order valence-electron chi connectivity index (χ1n) is 10.9. The van der Waals surface area contributed by atoms with E-state index in [4.69, 9.17) is 4.74 Å². The maximum absolute atomic E-state index is 12.8. The number of rotatable bonds is 6. The summed E-state index contributed by atoms with van der Waals surface area (Å²) >= 11 is 0. The van der Waals surface area contributed by atoms with Crippen molar-refractivity contribution in [3.05, 3.63) is 64.9 Å². The first-order chi connectivity index (χ1) is 15.0. The lowest BCUT2D eigenvalue weighted by molar-refractivity contribution is -0.122. The number of aromatic nitrogens is 1. The number of aromatic amines is 1. The maximum Gasteiger partial charge on any atom is 0.261 e. The van der Waals surface area contributed by atoms with E-state index in [2.05, 4.69) is 60.7 Å². The molecule has 2 heterocycles. The molecule has 0 unspecified atom stereocenters. The number of aryl methyl sites for hydroxylation is 2. The zero-order chi connectivity index (χ0) is 22.0. The molecule has 2 N–H and O–H groups in total. The number of hydrogen-bond acceptors (Lipinski definition) is 3. The zero-order valence-electron chi connectivity index (χ0n) is 18.8. The molecule has 0 saturated carbocycles. The fourth-order valence-corrected chi connectivity index (χ4v) is 4.39. The van der Waals surface area contributed by atoms with Gasteiger partial charge < -0.3 is 9.72 Å². The zero-order valence-corrected chi connectivity index (χ0v) is 18.8. The van der Waals surface area contributed by atoms with Crippen LogP contribution in [0.3, 0.4) is 0 Å². The summed E-state index contributed by atoms with van der Waals surface area (Å²) in [5.41, 5.74) is 10.8. The molecule has 162 valence electrons. The molecule has 1 atom stereocenters. The number of amides is 1. The minimum Gasteiger partial charge on any atom is -0.383 e. The molecule has 0 aliphatic carbocycles. The molecule has 1 fully saturated rings. The van der Waals surface area contributed by atoms with Gasteiger partial charge in [-0.25, -0.2) is 5.01 Å². The van der Waals surface area contributed by atoms with E-state index >= 15 is 0 Å². The van der Waals surface area contributed by atoms with Crippen molar-refractivity contribution in [3.63, 3.8) is 0 Å². The van der Waals surface area contributed by atoms with Crippen molar-refractivity contribution in [1.82, 2.24) is 15.4 Å². The van der Waals surface area contributed by atoms with Crippen molar-refractivity contribution >= 4 is 22.9 Å². The van der Waals surface area contributed by atoms with E-state index in [1.54, 1.807) is 7.11 Å². The van der Waals surface area contributed by atoms with Crippen LogP contribution in [0.5, 0.6) is 0 Å². The summed E-state index contributed by atoms with van der Waals surface area (Å²) in [5.74, 6) is -0.0537. The molecule has 0 bridgehead atoms. The minimum absolute atomic E-state index is 0.0537. The van der Waals surface area contributed by atoms with Crippen molar-refractivity contribution in [3.8, 4) is 11.1 Å². The number of nitrogens with zero attached hydrogens (tertiary/aromatic N) is 1. The topological polar surface area (TPSA) is 57.4 Å². The Hall–Kier alpha value is -2.89. The largest absolute Gasteiger partial charge is 0.383 e. The maximum atomic E-state index is 12.8. The van der Waals surface area contributed by atoms with Gasteiger partial charge in [0.15, 0.2) is 0 Å². The molecular weight excluding hydrogens is 386 g/mol. The number of benzene rings is 2. The molecule has 5 heteroatoms. The minimum atomic E-state index is -0.0537. The van der Waals surface area contributed by atoms with Gasteiger partial charge in [0.2, 0.25) is 0 Å². The third-order valence-electron chi connectivity index (χ3n) is 6.19. The van der Waals surface area contributed by atoms with Crippen LogP contribution in [-0.2, 0) is 9.53 Å². The Labute approximate surface area is 184 Å². The predicted octanol–water partition coefficient (Wildman–Crippen LogP) is 5.00. The Balaban J connectivity index is 1.54.